The number of pyridine rings is 1. The van der Waals surface area contributed by atoms with Gasteiger partial charge >= 0.3 is 5.97 Å². The molecule has 0 spiro atoms. The van der Waals surface area contributed by atoms with Crippen LogP contribution in [-0.4, -0.2) is 22.8 Å². The Labute approximate surface area is 126 Å². The van der Waals surface area contributed by atoms with Gasteiger partial charge in [0, 0.05) is 5.56 Å². The van der Waals surface area contributed by atoms with Crippen LogP contribution in [0.4, 0.5) is 0 Å². The average Bonchev–Trinajstić information content (AvgIpc) is 2.53. The number of carboxylic acids is 1. The fraction of sp³-hybridized carbons (Fsp3) is 0.188. The number of aromatic nitrogens is 1. The first kappa shape index (κ1) is 15.3. The van der Waals surface area contributed by atoms with Crippen LogP contribution in [-0.2, 0) is 4.79 Å². The maximum Gasteiger partial charge on any atom is 0.326 e. The van der Waals surface area contributed by atoms with E-state index in [1.165, 1.54) is 20.1 Å². The van der Waals surface area contributed by atoms with Crippen LogP contribution in [0.25, 0.3) is 11.3 Å². The number of hydrogen-bond donors (Lipinski definition) is 1. The number of methoxy groups -OCH3 is 1. The summed E-state index contributed by atoms with van der Waals surface area (Å²) in [5, 5.41) is 18.2. The molecular weight excluding hydrogens is 284 g/mol. The molecule has 0 saturated heterocycles. The largest absolute Gasteiger partial charge is 0.496 e. The van der Waals surface area contributed by atoms with Crippen molar-refractivity contribution in [2.24, 2.45) is 0 Å². The molecule has 1 unspecified atom stereocenters. The molecule has 0 aliphatic rings. The third kappa shape index (κ3) is 2.56. The molecule has 1 heterocycles. The molecule has 0 aliphatic heterocycles. The highest BCUT2D eigenvalue weighted by Crippen LogP contribution is 2.30. The minimum Gasteiger partial charge on any atom is -0.496 e. The Kier molecular flexibility index (Phi) is 4.28. The zero-order valence-corrected chi connectivity index (χ0v) is 12.1. The van der Waals surface area contributed by atoms with Crippen molar-refractivity contribution in [3.63, 3.8) is 0 Å². The fourth-order valence-electron chi connectivity index (χ4n) is 2.21. The van der Waals surface area contributed by atoms with Crippen LogP contribution in [0.1, 0.15) is 18.5 Å². The lowest BCUT2D eigenvalue weighted by Crippen LogP contribution is -2.30. The van der Waals surface area contributed by atoms with Crippen molar-refractivity contribution in [3.8, 4) is 23.1 Å². The average molecular weight is 298 g/mol. The Bertz CT molecular complexity index is 818. The minimum absolute atomic E-state index is 0.105. The van der Waals surface area contributed by atoms with E-state index >= 15 is 0 Å². The van der Waals surface area contributed by atoms with E-state index in [0.717, 1.165) is 4.57 Å². The van der Waals surface area contributed by atoms with E-state index in [1.807, 2.05) is 0 Å². The number of para-hydroxylation sites is 1. The van der Waals surface area contributed by atoms with E-state index in [4.69, 9.17) is 10.00 Å². The number of aliphatic carboxylic acids is 1. The Morgan fingerprint density at radius 3 is 2.59 bits per heavy atom. The summed E-state index contributed by atoms with van der Waals surface area (Å²) in [4.78, 5) is 23.7. The number of hydrogen-bond acceptors (Lipinski definition) is 4. The summed E-state index contributed by atoms with van der Waals surface area (Å²) in [6.45, 7) is 1.39. The highest BCUT2D eigenvalue weighted by Gasteiger charge is 2.22. The van der Waals surface area contributed by atoms with E-state index in [0.29, 0.717) is 17.0 Å². The number of carboxylic acid groups (broad SMARTS) is 1. The quantitative estimate of drug-likeness (QED) is 0.932. The third-order valence-electron chi connectivity index (χ3n) is 3.36. The first-order valence-electron chi connectivity index (χ1n) is 6.53. The SMILES string of the molecule is COc1ccccc1-c1ccc(C#N)c(=O)n1C(C)C(=O)O. The van der Waals surface area contributed by atoms with Gasteiger partial charge in [0.2, 0.25) is 0 Å². The van der Waals surface area contributed by atoms with Gasteiger partial charge in [0.05, 0.1) is 12.8 Å². The van der Waals surface area contributed by atoms with Gasteiger partial charge in [-0.25, -0.2) is 4.79 Å². The van der Waals surface area contributed by atoms with Gasteiger partial charge in [0.15, 0.2) is 0 Å². The molecule has 0 amide bonds. The second-order valence-corrected chi connectivity index (χ2v) is 4.63. The number of benzene rings is 1. The lowest BCUT2D eigenvalue weighted by molar-refractivity contribution is -0.140. The molecule has 0 radical (unpaired) electrons. The van der Waals surface area contributed by atoms with E-state index in [2.05, 4.69) is 0 Å². The molecule has 112 valence electrons. The van der Waals surface area contributed by atoms with Gasteiger partial charge in [-0.1, -0.05) is 12.1 Å². The van der Waals surface area contributed by atoms with Gasteiger partial charge in [-0.15, -0.1) is 0 Å². The van der Waals surface area contributed by atoms with Crippen molar-refractivity contribution in [2.45, 2.75) is 13.0 Å². The van der Waals surface area contributed by atoms with Crippen LogP contribution < -0.4 is 10.3 Å². The van der Waals surface area contributed by atoms with Crippen molar-refractivity contribution in [2.75, 3.05) is 7.11 Å². The molecule has 0 bridgehead atoms. The molecule has 0 saturated carbocycles. The Balaban J connectivity index is 2.82. The normalized spacial score (nSPS) is 11.5. The number of rotatable bonds is 4. The van der Waals surface area contributed by atoms with Crippen LogP contribution in [0, 0.1) is 11.3 Å². The monoisotopic (exact) mass is 298 g/mol. The molecule has 6 heteroatoms. The van der Waals surface area contributed by atoms with Gasteiger partial charge in [0.25, 0.3) is 5.56 Å². The first-order valence-corrected chi connectivity index (χ1v) is 6.53. The fourth-order valence-corrected chi connectivity index (χ4v) is 2.21. The maximum atomic E-state index is 12.4. The molecule has 2 rings (SSSR count). The van der Waals surface area contributed by atoms with Crippen molar-refractivity contribution < 1.29 is 14.6 Å². The number of carbonyl (C=O) groups is 1. The Hall–Kier alpha value is -3.07. The third-order valence-corrected chi connectivity index (χ3v) is 3.36. The number of nitrogens with zero attached hydrogens (tertiary/aromatic N) is 2. The second-order valence-electron chi connectivity index (χ2n) is 4.63. The van der Waals surface area contributed by atoms with Gasteiger partial charge < -0.3 is 9.84 Å². The molecule has 22 heavy (non-hydrogen) atoms. The predicted molar refractivity (Wildman–Crippen MR) is 79.8 cm³/mol. The van der Waals surface area contributed by atoms with Crippen LogP contribution in [0.3, 0.4) is 0 Å². The molecule has 2 aromatic rings. The summed E-state index contributed by atoms with van der Waals surface area (Å²) in [5.74, 6) is -0.647. The van der Waals surface area contributed by atoms with Gasteiger partial charge in [0.1, 0.15) is 23.4 Å². The summed E-state index contributed by atoms with van der Waals surface area (Å²) < 4.78 is 6.36. The highest BCUT2D eigenvalue weighted by atomic mass is 16.5. The zero-order valence-electron chi connectivity index (χ0n) is 12.1. The minimum atomic E-state index is -1.16. The van der Waals surface area contributed by atoms with Crippen molar-refractivity contribution in [1.82, 2.24) is 4.57 Å². The lowest BCUT2D eigenvalue weighted by Gasteiger charge is -2.18. The summed E-state index contributed by atoms with van der Waals surface area (Å²) in [5.41, 5.74) is 0.226. The van der Waals surface area contributed by atoms with Gasteiger partial charge in [-0.05, 0) is 31.2 Å². The summed E-state index contributed by atoms with van der Waals surface area (Å²) in [7, 11) is 1.49. The number of nitriles is 1. The molecule has 6 nitrogen and oxygen atoms in total. The highest BCUT2D eigenvalue weighted by molar-refractivity contribution is 5.75. The summed E-state index contributed by atoms with van der Waals surface area (Å²) in [6.07, 6.45) is 0. The van der Waals surface area contributed by atoms with Crippen molar-refractivity contribution in [3.05, 3.63) is 52.3 Å². The maximum absolute atomic E-state index is 12.4. The molecule has 1 N–H and O–H groups in total. The summed E-state index contributed by atoms with van der Waals surface area (Å²) in [6, 6.07) is 10.6. The topological polar surface area (TPSA) is 92.3 Å². The molecule has 0 aliphatic carbocycles. The van der Waals surface area contributed by atoms with Crippen molar-refractivity contribution >= 4 is 5.97 Å². The smallest absolute Gasteiger partial charge is 0.326 e. The second kappa shape index (κ2) is 6.14. The Morgan fingerprint density at radius 2 is 2.00 bits per heavy atom. The summed E-state index contributed by atoms with van der Waals surface area (Å²) >= 11 is 0. The zero-order chi connectivity index (χ0) is 16.3. The van der Waals surface area contributed by atoms with Gasteiger partial charge in [-0.2, -0.15) is 5.26 Å². The first-order chi connectivity index (χ1) is 10.5. The van der Waals surface area contributed by atoms with E-state index < -0.39 is 17.6 Å². The predicted octanol–water partition coefficient (Wildman–Crippen LogP) is 2.04. The molecule has 1 aromatic carbocycles. The van der Waals surface area contributed by atoms with Crippen LogP contribution >= 0.6 is 0 Å². The van der Waals surface area contributed by atoms with E-state index in [9.17, 15) is 14.7 Å². The Morgan fingerprint density at radius 1 is 1.32 bits per heavy atom. The molecular formula is C16H14N2O4. The van der Waals surface area contributed by atoms with E-state index in [1.54, 1.807) is 36.4 Å². The number of ether oxygens (including phenoxy) is 1. The van der Waals surface area contributed by atoms with Gasteiger partial charge in [-0.3, -0.25) is 9.36 Å². The van der Waals surface area contributed by atoms with Crippen molar-refractivity contribution in [1.29, 1.82) is 5.26 Å². The van der Waals surface area contributed by atoms with Crippen LogP contribution in [0.5, 0.6) is 5.75 Å². The molecule has 0 fully saturated rings. The molecule has 1 atom stereocenters. The standard InChI is InChI=1S/C16H14N2O4/c1-10(16(20)21)18-13(8-7-11(9-17)15(18)19)12-5-3-4-6-14(12)22-2/h3-8,10H,1-2H3,(H,20,21). The van der Waals surface area contributed by atoms with Crippen LogP contribution in [0.15, 0.2) is 41.2 Å². The van der Waals surface area contributed by atoms with E-state index in [-0.39, 0.29) is 5.56 Å². The molecule has 1 aromatic heterocycles. The van der Waals surface area contributed by atoms with Crippen LogP contribution in [0.2, 0.25) is 0 Å². The lowest BCUT2D eigenvalue weighted by atomic mass is 10.1.